The van der Waals surface area contributed by atoms with Gasteiger partial charge in [-0.25, -0.2) is 0 Å². The molecule has 0 radical (unpaired) electrons. The Bertz CT molecular complexity index is 990. The van der Waals surface area contributed by atoms with Gasteiger partial charge < -0.3 is 29.5 Å². The monoisotopic (exact) mass is 492 g/mol. The summed E-state index contributed by atoms with van der Waals surface area (Å²) < 4.78 is 16.5. The van der Waals surface area contributed by atoms with Gasteiger partial charge in [0, 0.05) is 0 Å². The summed E-state index contributed by atoms with van der Waals surface area (Å²) in [7, 11) is 4.89. The lowest BCUT2D eigenvalue weighted by Gasteiger charge is -2.16. The minimum Gasteiger partial charge on any atom is -0.507 e. The molecule has 0 amide bonds. The van der Waals surface area contributed by atoms with Gasteiger partial charge in [0.2, 0.25) is 0 Å². The highest BCUT2D eigenvalue weighted by atomic mass is 16.5. The first-order valence-corrected chi connectivity index (χ1v) is 12.6. The van der Waals surface area contributed by atoms with Crippen LogP contribution in [-0.2, 0) is 38.5 Å². The predicted octanol–water partition coefficient (Wildman–Crippen LogP) is 5.67. The van der Waals surface area contributed by atoms with E-state index in [1.165, 1.54) is 0 Å². The maximum absolute atomic E-state index is 11.0. The number of phenols is 3. The summed E-state index contributed by atoms with van der Waals surface area (Å²) >= 11 is 0. The first kappa shape index (κ1) is 25.5. The first-order chi connectivity index (χ1) is 17.4. The molecule has 1 aliphatic carbocycles. The maximum atomic E-state index is 11.0. The second kappa shape index (κ2) is 11.5. The number of phenolic OH excluding ortho intramolecular Hbond substituents is 3. The third-order valence-corrected chi connectivity index (χ3v) is 7.11. The Kier molecular flexibility index (Phi) is 8.14. The third kappa shape index (κ3) is 5.64. The number of ether oxygens (including phenoxy) is 3. The Labute approximate surface area is 213 Å². The molecule has 0 aromatic heterocycles. The normalized spacial score (nSPS) is 14.4. The van der Waals surface area contributed by atoms with Crippen LogP contribution < -0.4 is 14.2 Å². The first-order valence-electron chi connectivity index (χ1n) is 12.6. The van der Waals surface area contributed by atoms with Gasteiger partial charge in [-0.3, -0.25) is 0 Å². The number of fused-ring (bicyclic) bond motifs is 6. The summed E-state index contributed by atoms with van der Waals surface area (Å²) in [5.41, 5.74) is 5.00. The summed E-state index contributed by atoms with van der Waals surface area (Å²) in [6.07, 6.45) is 6.22. The summed E-state index contributed by atoms with van der Waals surface area (Å²) in [5, 5.41) is 33.1. The van der Waals surface area contributed by atoms with Gasteiger partial charge in [0.25, 0.3) is 0 Å². The molecule has 0 unspecified atom stereocenters. The van der Waals surface area contributed by atoms with Gasteiger partial charge in [0.15, 0.2) is 0 Å². The van der Waals surface area contributed by atoms with Gasteiger partial charge in [0.05, 0.1) is 21.3 Å². The molecular weight excluding hydrogens is 456 g/mol. The van der Waals surface area contributed by atoms with Crippen molar-refractivity contribution >= 4 is 0 Å². The average molecular weight is 493 g/mol. The molecule has 4 rings (SSSR count). The minimum absolute atomic E-state index is 0.294. The smallest absolute Gasteiger partial charge is 0.122 e. The predicted molar refractivity (Wildman–Crippen MR) is 140 cm³/mol. The van der Waals surface area contributed by atoms with Crippen LogP contribution in [-0.4, -0.2) is 36.6 Å². The van der Waals surface area contributed by atoms with E-state index in [0.29, 0.717) is 73.0 Å². The topological polar surface area (TPSA) is 88.4 Å². The number of methoxy groups -OCH3 is 3. The Balaban J connectivity index is 1.74. The van der Waals surface area contributed by atoms with E-state index in [4.69, 9.17) is 14.2 Å². The van der Waals surface area contributed by atoms with Crippen molar-refractivity contribution in [3.8, 4) is 34.5 Å². The zero-order chi connectivity index (χ0) is 25.7. The molecule has 3 N–H and O–H groups in total. The Morgan fingerprint density at radius 2 is 0.611 bits per heavy atom. The Morgan fingerprint density at radius 3 is 0.778 bits per heavy atom. The van der Waals surface area contributed by atoms with Crippen LogP contribution in [0.4, 0.5) is 0 Å². The van der Waals surface area contributed by atoms with E-state index in [9.17, 15) is 15.3 Å². The van der Waals surface area contributed by atoms with Crippen LogP contribution in [0.2, 0.25) is 0 Å². The molecule has 6 nitrogen and oxygen atoms in total. The number of aryl methyl sites for hydroxylation is 6. The largest absolute Gasteiger partial charge is 0.507 e. The van der Waals surface area contributed by atoms with Crippen LogP contribution >= 0.6 is 0 Å². The molecule has 192 valence electrons. The molecule has 0 spiro atoms. The summed E-state index contributed by atoms with van der Waals surface area (Å²) in [6, 6.07) is 11.3. The lowest BCUT2D eigenvalue weighted by Crippen LogP contribution is -2.01. The fourth-order valence-electron chi connectivity index (χ4n) is 5.09. The number of rotatable bonds is 3. The van der Waals surface area contributed by atoms with Crippen LogP contribution in [0.5, 0.6) is 34.5 Å². The summed E-state index contributed by atoms with van der Waals surface area (Å²) in [5.74, 6) is 3.02. The number of benzene rings is 3. The van der Waals surface area contributed by atoms with Crippen LogP contribution in [0.25, 0.3) is 0 Å². The van der Waals surface area contributed by atoms with Crippen molar-refractivity contribution < 1.29 is 29.5 Å². The summed E-state index contributed by atoms with van der Waals surface area (Å²) in [6.45, 7) is 0. The van der Waals surface area contributed by atoms with E-state index in [2.05, 4.69) is 0 Å². The van der Waals surface area contributed by atoms with Crippen molar-refractivity contribution in [3.05, 3.63) is 69.8 Å². The van der Waals surface area contributed by atoms with Gasteiger partial charge >= 0.3 is 0 Å². The van der Waals surface area contributed by atoms with E-state index in [1.807, 2.05) is 36.4 Å². The van der Waals surface area contributed by atoms with E-state index >= 15 is 0 Å². The number of aromatic hydroxyl groups is 3. The molecule has 0 saturated carbocycles. The minimum atomic E-state index is 0.294. The molecule has 3 aromatic carbocycles. The van der Waals surface area contributed by atoms with Crippen molar-refractivity contribution in [2.75, 3.05) is 21.3 Å². The molecule has 3 aromatic rings. The van der Waals surface area contributed by atoms with Gasteiger partial charge in [-0.05, 0) is 128 Å². The highest BCUT2D eigenvalue weighted by Crippen LogP contribution is 2.36. The SMILES string of the molecule is COc1cc2c(O)c(c1)CCCc1cc(OC)cc(c1O)CCCc1cc(OC)cc(c1O)CCC2. The van der Waals surface area contributed by atoms with Gasteiger partial charge in [-0.15, -0.1) is 0 Å². The fraction of sp³-hybridized carbons (Fsp3) is 0.400. The van der Waals surface area contributed by atoms with Crippen LogP contribution in [0, 0.1) is 0 Å². The molecule has 0 fully saturated rings. The Morgan fingerprint density at radius 1 is 0.417 bits per heavy atom. The highest BCUT2D eigenvalue weighted by molar-refractivity contribution is 5.50. The van der Waals surface area contributed by atoms with Crippen LogP contribution in [0.15, 0.2) is 36.4 Å². The quantitative estimate of drug-likeness (QED) is 0.437. The highest BCUT2D eigenvalue weighted by Gasteiger charge is 2.16. The van der Waals surface area contributed by atoms with Crippen molar-refractivity contribution in [1.82, 2.24) is 0 Å². The van der Waals surface area contributed by atoms with Crippen molar-refractivity contribution in [1.29, 1.82) is 0 Å². The van der Waals surface area contributed by atoms with Gasteiger partial charge in [-0.1, -0.05) is 0 Å². The standard InChI is InChI=1S/C30H36O6/c1-34-25-13-19-7-4-9-21-15-26(35-2)17-23(29(21)32)11-6-12-24-18-27(36-3)16-22(30(24)33)10-5-8-20(14-25)28(19)31/h13-18,31-33H,4-12H2,1-3H3. The molecule has 0 heterocycles. The molecular formula is C30H36O6. The van der Waals surface area contributed by atoms with Crippen LogP contribution in [0.1, 0.15) is 52.6 Å². The van der Waals surface area contributed by atoms with E-state index in [-0.39, 0.29) is 0 Å². The second-order valence-electron chi connectivity index (χ2n) is 9.44. The van der Waals surface area contributed by atoms with Crippen LogP contribution in [0.3, 0.4) is 0 Å². The van der Waals surface area contributed by atoms with E-state index in [0.717, 1.165) is 52.6 Å². The fourth-order valence-corrected chi connectivity index (χ4v) is 5.09. The molecule has 0 aliphatic heterocycles. The molecule has 0 atom stereocenters. The lowest BCUT2D eigenvalue weighted by molar-refractivity contribution is 0.406. The zero-order valence-corrected chi connectivity index (χ0v) is 21.4. The molecule has 1 aliphatic rings. The molecule has 6 heteroatoms. The second-order valence-corrected chi connectivity index (χ2v) is 9.44. The lowest BCUT2D eigenvalue weighted by atomic mass is 9.93. The molecule has 6 bridgehead atoms. The Hall–Kier alpha value is -3.54. The molecule has 36 heavy (non-hydrogen) atoms. The van der Waals surface area contributed by atoms with Gasteiger partial charge in [0.1, 0.15) is 34.5 Å². The molecule has 0 saturated heterocycles. The average Bonchev–Trinajstić information content (AvgIpc) is 2.88. The number of hydrogen-bond donors (Lipinski definition) is 3. The van der Waals surface area contributed by atoms with Gasteiger partial charge in [-0.2, -0.15) is 0 Å². The zero-order valence-electron chi connectivity index (χ0n) is 21.4. The number of hydrogen-bond acceptors (Lipinski definition) is 6. The van der Waals surface area contributed by atoms with E-state index in [1.54, 1.807) is 21.3 Å². The van der Waals surface area contributed by atoms with Crippen molar-refractivity contribution in [2.24, 2.45) is 0 Å². The van der Waals surface area contributed by atoms with E-state index < -0.39 is 0 Å². The van der Waals surface area contributed by atoms with Crippen molar-refractivity contribution in [3.63, 3.8) is 0 Å². The third-order valence-electron chi connectivity index (χ3n) is 7.11. The summed E-state index contributed by atoms with van der Waals surface area (Å²) in [4.78, 5) is 0. The van der Waals surface area contributed by atoms with Crippen molar-refractivity contribution in [2.45, 2.75) is 57.8 Å². The maximum Gasteiger partial charge on any atom is 0.122 e.